The summed E-state index contributed by atoms with van der Waals surface area (Å²) >= 11 is 0. The lowest BCUT2D eigenvalue weighted by molar-refractivity contribution is 0.158. The van der Waals surface area contributed by atoms with E-state index in [4.69, 9.17) is 4.98 Å². The summed E-state index contributed by atoms with van der Waals surface area (Å²) in [6.07, 6.45) is 23.3. The second kappa shape index (κ2) is 11.2. The first-order valence-corrected chi connectivity index (χ1v) is 12.2. The number of hydrogen-bond donors (Lipinski definition) is 0. The quantitative estimate of drug-likeness (QED) is 0.401. The second-order valence-corrected chi connectivity index (χ2v) is 9.56. The van der Waals surface area contributed by atoms with Gasteiger partial charge >= 0.3 is 0 Å². The number of rotatable bonds is 9. The first-order valence-electron chi connectivity index (χ1n) is 12.2. The van der Waals surface area contributed by atoms with Crippen LogP contribution >= 0.6 is 0 Å². The summed E-state index contributed by atoms with van der Waals surface area (Å²) in [5.74, 6) is 3.82. The Hall–Kier alpha value is -0.850. The Morgan fingerprint density at radius 3 is 2.04 bits per heavy atom. The molecule has 1 aromatic rings. The van der Waals surface area contributed by atoms with E-state index in [2.05, 4.69) is 32.2 Å². The lowest BCUT2D eigenvalue weighted by atomic mass is 9.68. The van der Waals surface area contributed by atoms with Crippen molar-refractivity contribution < 1.29 is 0 Å². The first-order chi connectivity index (χ1) is 13.3. The van der Waals surface area contributed by atoms with Crippen molar-refractivity contribution in [3.05, 3.63) is 29.6 Å². The van der Waals surface area contributed by atoms with Crippen molar-refractivity contribution in [2.75, 3.05) is 0 Å². The van der Waals surface area contributed by atoms with Gasteiger partial charge in [0.15, 0.2) is 0 Å². The van der Waals surface area contributed by atoms with Crippen LogP contribution in [0.25, 0.3) is 0 Å². The molecule has 2 aliphatic carbocycles. The zero-order valence-corrected chi connectivity index (χ0v) is 18.1. The molecule has 1 nitrogen and oxygen atoms in total. The molecule has 3 rings (SSSR count). The molecule has 2 aliphatic rings. The van der Waals surface area contributed by atoms with Gasteiger partial charge in [0.1, 0.15) is 0 Å². The molecule has 152 valence electrons. The van der Waals surface area contributed by atoms with Crippen molar-refractivity contribution >= 4 is 0 Å². The van der Waals surface area contributed by atoms with Crippen LogP contribution in [0.3, 0.4) is 0 Å². The highest BCUT2D eigenvalue weighted by atomic mass is 14.7. The van der Waals surface area contributed by atoms with Gasteiger partial charge in [-0.3, -0.25) is 4.98 Å². The highest BCUT2D eigenvalue weighted by Gasteiger charge is 2.31. The first kappa shape index (κ1) is 20.9. The molecule has 2 fully saturated rings. The summed E-state index contributed by atoms with van der Waals surface area (Å²) in [6, 6.07) is 4.71. The van der Waals surface area contributed by atoms with Crippen LogP contribution in [0.2, 0.25) is 0 Å². The minimum atomic E-state index is 0.729. The summed E-state index contributed by atoms with van der Waals surface area (Å²) in [5, 5.41) is 0. The van der Waals surface area contributed by atoms with Gasteiger partial charge in [0.25, 0.3) is 0 Å². The van der Waals surface area contributed by atoms with Crippen molar-refractivity contribution in [3.8, 4) is 0 Å². The van der Waals surface area contributed by atoms with E-state index in [1.165, 1.54) is 108 Å². The monoisotopic (exact) mass is 369 g/mol. The second-order valence-electron chi connectivity index (χ2n) is 9.56. The molecular formula is C26H43N. The maximum Gasteiger partial charge on any atom is 0.0434 e. The molecule has 0 N–H and O–H groups in total. The van der Waals surface area contributed by atoms with Gasteiger partial charge in [0, 0.05) is 17.8 Å². The Bertz CT molecular complexity index is 504. The van der Waals surface area contributed by atoms with Gasteiger partial charge in [-0.25, -0.2) is 0 Å². The van der Waals surface area contributed by atoms with Gasteiger partial charge in [-0.1, -0.05) is 64.9 Å². The summed E-state index contributed by atoms with van der Waals surface area (Å²) < 4.78 is 0. The normalized spacial score (nSPS) is 29.0. The fourth-order valence-electron chi connectivity index (χ4n) is 5.71. The van der Waals surface area contributed by atoms with Crippen LogP contribution in [-0.2, 0) is 6.42 Å². The largest absolute Gasteiger partial charge is 0.261 e. The van der Waals surface area contributed by atoms with E-state index in [0.717, 1.165) is 23.7 Å². The lowest BCUT2D eigenvalue weighted by Crippen LogP contribution is -2.25. The third kappa shape index (κ3) is 6.33. The molecule has 27 heavy (non-hydrogen) atoms. The molecule has 0 spiro atoms. The lowest BCUT2D eigenvalue weighted by Gasteiger charge is -2.37. The number of nitrogens with zero attached hydrogens (tertiary/aromatic N) is 1. The molecule has 0 aliphatic heterocycles. The molecule has 0 aromatic carbocycles. The fraction of sp³-hybridized carbons (Fsp3) is 0.808. The number of aromatic nitrogens is 1. The third-order valence-electron chi connectivity index (χ3n) is 7.74. The van der Waals surface area contributed by atoms with Crippen LogP contribution in [0.5, 0.6) is 0 Å². The summed E-state index contributed by atoms with van der Waals surface area (Å²) in [4.78, 5) is 4.88. The van der Waals surface area contributed by atoms with Crippen molar-refractivity contribution in [3.63, 3.8) is 0 Å². The zero-order chi connectivity index (χ0) is 18.9. The highest BCUT2D eigenvalue weighted by Crippen LogP contribution is 2.43. The molecule has 0 amide bonds. The molecule has 0 saturated heterocycles. The maximum atomic E-state index is 4.88. The van der Waals surface area contributed by atoms with E-state index in [1.54, 1.807) is 0 Å². The van der Waals surface area contributed by atoms with E-state index in [0.29, 0.717) is 0 Å². The molecule has 1 aromatic heterocycles. The predicted molar refractivity (Wildman–Crippen MR) is 117 cm³/mol. The average molecular weight is 370 g/mol. The Kier molecular flexibility index (Phi) is 8.68. The predicted octanol–water partition coefficient (Wildman–Crippen LogP) is 8.08. The molecule has 0 radical (unpaired) electrons. The van der Waals surface area contributed by atoms with Crippen LogP contribution in [0.4, 0.5) is 0 Å². The number of pyridine rings is 1. The van der Waals surface area contributed by atoms with E-state index >= 15 is 0 Å². The number of hydrogen-bond acceptors (Lipinski definition) is 1. The Balaban J connectivity index is 1.39. The van der Waals surface area contributed by atoms with E-state index in [1.807, 2.05) is 0 Å². The van der Waals surface area contributed by atoms with Crippen LogP contribution < -0.4 is 0 Å². The average Bonchev–Trinajstić information content (AvgIpc) is 2.74. The topological polar surface area (TPSA) is 12.9 Å². The molecule has 0 atom stereocenters. The van der Waals surface area contributed by atoms with Crippen LogP contribution in [-0.4, -0.2) is 4.98 Å². The summed E-state index contributed by atoms with van der Waals surface area (Å²) in [7, 11) is 0. The Morgan fingerprint density at radius 2 is 1.44 bits per heavy atom. The SMILES string of the molecule is CCCCCCCc1ccc([C@H]2CC[C@H]([C@H]3CC[C@H](CC)CC3)CC2)nc1. The fourth-order valence-corrected chi connectivity index (χ4v) is 5.71. The summed E-state index contributed by atoms with van der Waals surface area (Å²) in [5.41, 5.74) is 2.81. The minimum absolute atomic E-state index is 0.729. The third-order valence-corrected chi connectivity index (χ3v) is 7.74. The van der Waals surface area contributed by atoms with Crippen molar-refractivity contribution in [2.24, 2.45) is 17.8 Å². The van der Waals surface area contributed by atoms with Gasteiger partial charge in [-0.05, 0) is 80.8 Å². The number of aryl methyl sites for hydroxylation is 1. The van der Waals surface area contributed by atoms with E-state index in [9.17, 15) is 0 Å². The van der Waals surface area contributed by atoms with Crippen molar-refractivity contribution in [2.45, 2.75) is 116 Å². The Morgan fingerprint density at radius 1 is 0.778 bits per heavy atom. The smallest absolute Gasteiger partial charge is 0.0434 e. The van der Waals surface area contributed by atoms with E-state index < -0.39 is 0 Å². The maximum absolute atomic E-state index is 4.88. The van der Waals surface area contributed by atoms with Crippen LogP contribution in [0, 0.1) is 17.8 Å². The highest BCUT2D eigenvalue weighted by molar-refractivity contribution is 5.17. The Labute approximate surface area is 168 Å². The van der Waals surface area contributed by atoms with Gasteiger partial charge in [-0.2, -0.15) is 0 Å². The molecular weight excluding hydrogens is 326 g/mol. The van der Waals surface area contributed by atoms with Gasteiger partial charge in [0.2, 0.25) is 0 Å². The molecule has 1 heterocycles. The van der Waals surface area contributed by atoms with Gasteiger partial charge in [0.05, 0.1) is 0 Å². The van der Waals surface area contributed by atoms with Crippen molar-refractivity contribution in [1.82, 2.24) is 4.98 Å². The summed E-state index contributed by atoms with van der Waals surface area (Å²) in [6.45, 7) is 4.66. The number of unbranched alkanes of at least 4 members (excludes halogenated alkanes) is 4. The zero-order valence-electron chi connectivity index (χ0n) is 18.1. The molecule has 0 bridgehead atoms. The van der Waals surface area contributed by atoms with Gasteiger partial charge < -0.3 is 0 Å². The standard InChI is InChI=1S/C26H43N/c1-3-5-6-7-8-9-22-12-19-26(27-20-22)25-17-15-24(16-18-25)23-13-10-21(4-2)11-14-23/h12,19-21,23-25H,3-11,13-18H2,1-2H3/t21-,23-,24-,25-. The molecule has 2 saturated carbocycles. The minimum Gasteiger partial charge on any atom is -0.261 e. The van der Waals surface area contributed by atoms with Crippen molar-refractivity contribution in [1.29, 1.82) is 0 Å². The van der Waals surface area contributed by atoms with E-state index in [-0.39, 0.29) is 0 Å². The molecule has 0 unspecified atom stereocenters. The van der Waals surface area contributed by atoms with Crippen LogP contribution in [0.15, 0.2) is 18.3 Å². The van der Waals surface area contributed by atoms with Gasteiger partial charge in [-0.15, -0.1) is 0 Å². The molecule has 1 heteroatoms. The van der Waals surface area contributed by atoms with Crippen LogP contribution in [0.1, 0.15) is 121 Å².